The molecule has 0 saturated carbocycles. The molecule has 2 heterocycles. The molecule has 0 aliphatic carbocycles. The molecule has 1 unspecified atom stereocenters. The first kappa shape index (κ1) is 14.3. The minimum Gasteiger partial charge on any atom is -0.319 e. The van der Waals surface area contributed by atoms with Gasteiger partial charge in [0.15, 0.2) is 0 Å². The lowest BCUT2D eigenvalue weighted by atomic mass is 9.95. The molecule has 1 aromatic heterocycles. The predicted molar refractivity (Wildman–Crippen MR) is 81.9 cm³/mol. The number of amides is 3. The van der Waals surface area contributed by atoms with Gasteiger partial charge in [-0.2, -0.15) is 16.6 Å². The average molecular weight is 311 g/mol. The third-order valence-corrected chi connectivity index (χ3v) is 4.45. The fourth-order valence-corrected chi connectivity index (χ4v) is 3.27. The zero-order valence-electron chi connectivity index (χ0n) is 11.9. The Balaban J connectivity index is 1.88. The molecule has 0 radical (unpaired) electrons. The molecule has 3 amide bonds. The van der Waals surface area contributed by atoms with Gasteiger partial charge in [0, 0.05) is 0 Å². The molecule has 3 rings (SSSR count). The number of thiophene rings is 1. The number of benzene rings is 1. The summed E-state index contributed by atoms with van der Waals surface area (Å²) in [6.07, 6.45) is 0. The van der Waals surface area contributed by atoms with Crippen molar-refractivity contribution in [1.29, 1.82) is 5.26 Å². The van der Waals surface area contributed by atoms with E-state index in [4.69, 9.17) is 5.26 Å². The van der Waals surface area contributed by atoms with Gasteiger partial charge in [0.2, 0.25) is 0 Å². The number of imide groups is 1. The summed E-state index contributed by atoms with van der Waals surface area (Å²) in [5.74, 6) is -0.279. The van der Waals surface area contributed by atoms with Crippen molar-refractivity contribution < 1.29 is 9.59 Å². The molecule has 1 atom stereocenters. The van der Waals surface area contributed by atoms with E-state index >= 15 is 0 Å². The summed E-state index contributed by atoms with van der Waals surface area (Å²) in [7, 11) is 0. The summed E-state index contributed by atoms with van der Waals surface area (Å²) in [6, 6.07) is 10.4. The summed E-state index contributed by atoms with van der Waals surface area (Å²) in [6.45, 7) is 1.86. The molecule has 6 heteroatoms. The molecule has 1 aliphatic heterocycles. The second kappa shape index (κ2) is 5.28. The SMILES string of the molecule is CC1(c2ccsc2)NC(=O)N(Cc2cccc(C#N)c2)C1=O. The van der Waals surface area contributed by atoms with Crippen molar-refractivity contribution in [3.63, 3.8) is 0 Å². The highest BCUT2D eigenvalue weighted by molar-refractivity contribution is 7.08. The number of nitriles is 1. The van der Waals surface area contributed by atoms with E-state index in [9.17, 15) is 9.59 Å². The number of hydrogen-bond acceptors (Lipinski definition) is 4. The quantitative estimate of drug-likeness (QED) is 0.885. The molecule has 0 spiro atoms. The van der Waals surface area contributed by atoms with Gasteiger partial charge >= 0.3 is 6.03 Å². The minimum atomic E-state index is -1.02. The monoisotopic (exact) mass is 311 g/mol. The van der Waals surface area contributed by atoms with Gasteiger partial charge in [-0.3, -0.25) is 9.69 Å². The van der Waals surface area contributed by atoms with Gasteiger partial charge in [0.25, 0.3) is 5.91 Å². The zero-order chi connectivity index (χ0) is 15.7. The largest absolute Gasteiger partial charge is 0.325 e. The van der Waals surface area contributed by atoms with E-state index in [0.717, 1.165) is 11.1 Å². The Labute approximate surface area is 131 Å². The summed E-state index contributed by atoms with van der Waals surface area (Å²) >= 11 is 1.48. The minimum absolute atomic E-state index is 0.153. The lowest BCUT2D eigenvalue weighted by molar-refractivity contribution is -0.131. The van der Waals surface area contributed by atoms with Gasteiger partial charge in [-0.15, -0.1) is 0 Å². The summed E-state index contributed by atoms with van der Waals surface area (Å²) in [5, 5.41) is 15.4. The summed E-state index contributed by atoms with van der Waals surface area (Å²) in [5.41, 5.74) is 1.01. The van der Waals surface area contributed by atoms with Crippen molar-refractivity contribution >= 4 is 23.3 Å². The third kappa shape index (κ3) is 2.26. The number of hydrogen-bond donors (Lipinski definition) is 1. The number of carbonyl (C=O) groups excluding carboxylic acids is 2. The third-order valence-electron chi connectivity index (χ3n) is 3.77. The molecule has 2 aromatic rings. The summed E-state index contributed by atoms with van der Waals surface area (Å²) < 4.78 is 0. The second-order valence-corrected chi connectivity index (χ2v) is 6.05. The van der Waals surface area contributed by atoms with E-state index in [1.165, 1.54) is 16.2 Å². The Morgan fingerprint density at radius 3 is 2.86 bits per heavy atom. The topological polar surface area (TPSA) is 73.2 Å². The van der Waals surface area contributed by atoms with Crippen LogP contribution in [-0.2, 0) is 16.9 Å². The van der Waals surface area contributed by atoms with Crippen LogP contribution in [0.1, 0.15) is 23.6 Å². The Bertz CT molecular complexity index is 779. The molecule has 22 heavy (non-hydrogen) atoms. The molecule has 5 nitrogen and oxygen atoms in total. The van der Waals surface area contributed by atoms with E-state index in [0.29, 0.717) is 5.56 Å². The number of carbonyl (C=O) groups is 2. The van der Waals surface area contributed by atoms with E-state index in [1.807, 2.05) is 16.8 Å². The van der Waals surface area contributed by atoms with Crippen LogP contribution in [0.2, 0.25) is 0 Å². The van der Waals surface area contributed by atoms with Gasteiger partial charge in [0.1, 0.15) is 5.54 Å². The number of nitrogens with one attached hydrogen (secondary N) is 1. The van der Waals surface area contributed by atoms with Gasteiger partial charge in [0.05, 0.1) is 18.2 Å². The lowest BCUT2D eigenvalue weighted by Crippen LogP contribution is -2.40. The van der Waals surface area contributed by atoms with E-state index in [-0.39, 0.29) is 12.5 Å². The normalized spacial score (nSPS) is 20.8. The number of urea groups is 1. The van der Waals surface area contributed by atoms with Crippen molar-refractivity contribution in [3.05, 3.63) is 57.8 Å². The average Bonchev–Trinajstić information content (AvgIpc) is 3.12. The number of nitrogens with zero attached hydrogens (tertiary/aromatic N) is 2. The zero-order valence-corrected chi connectivity index (χ0v) is 12.7. The maximum Gasteiger partial charge on any atom is 0.325 e. The Hall–Kier alpha value is -2.65. The fraction of sp³-hybridized carbons (Fsp3) is 0.188. The highest BCUT2D eigenvalue weighted by atomic mass is 32.1. The second-order valence-electron chi connectivity index (χ2n) is 5.27. The molecule has 1 N–H and O–H groups in total. The molecule has 110 valence electrons. The molecule has 1 aliphatic rings. The van der Waals surface area contributed by atoms with Crippen LogP contribution in [0.15, 0.2) is 41.1 Å². The van der Waals surface area contributed by atoms with Crippen LogP contribution in [0.4, 0.5) is 4.79 Å². The highest BCUT2D eigenvalue weighted by Crippen LogP contribution is 2.31. The standard InChI is InChI=1S/C16H13N3O2S/c1-16(13-5-6-22-10-13)14(20)19(15(21)18-16)9-12-4-2-3-11(7-12)8-17/h2-7,10H,9H2,1H3,(H,18,21). The van der Waals surface area contributed by atoms with Gasteiger partial charge in [-0.1, -0.05) is 12.1 Å². The molecular formula is C16H13N3O2S. The van der Waals surface area contributed by atoms with Gasteiger partial charge < -0.3 is 5.32 Å². The number of rotatable bonds is 3. The molecule has 1 saturated heterocycles. The smallest absolute Gasteiger partial charge is 0.319 e. The van der Waals surface area contributed by atoms with Crippen LogP contribution >= 0.6 is 11.3 Å². The summed E-state index contributed by atoms with van der Waals surface area (Å²) in [4.78, 5) is 26.1. The Kier molecular flexibility index (Phi) is 3.43. The van der Waals surface area contributed by atoms with Crippen LogP contribution in [0.25, 0.3) is 0 Å². The fourth-order valence-electron chi connectivity index (χ4n) is 2.51. The molecule has 1 fully saturated rings. The predicted octanol–water partition coefficient (Wildman–Crippen LogP) is 2.59. The maximum atomic E-state index is 12.7. The van der Waals surface area contributed by atoms with Crippen LogP contribution < -0.4 is 5.32 Å². The first-order valence-electron chi connectivity index (χ1n) is 6.70. The van der Waals surface area contributed by atoms with Crippen molar-refractivity contribution in [2.75, 3.05) is 0 Å². The van der Waals surface area contributed by atoms with Gasteiger partial charge in [-0.25, -0.2) is 4.79 Å². The van der Waals surface area contributed by atoms with Gasteiger partial charge in [-0.05, 0) is 47.0 Å². The molecule has 1 aromatic carbocycles. The van der Waals surface area contributed by atoms with Crippen LogP contribution in [-0.4, -0.2) is 16.8 Å². The van der Waals surface area contributed by atoms with Crippen molar-refractivity contribution in [3.8, 4) is 6.07 Å². The van der Waals surface area contributed by atoms with Crippen molar-refractivity contribution in [2.45, 2.75) is 19.0 Å². The Morgan fingerprint density at radius 1 is 1.36 bits per heavy atom. The first-order valence-corrected chi connectivity index (χ1v) is 7.65. The highest BCUT2D eigenvalue weighted by Gasteiger charge is 2.49. The lowest BCUT2D eigenvalue weighted by Gasteiger charge is -2.20. The van der Waals surface area contributed by atoms with E-state index in [2.05, 4.69) is 11.4 Å². The van der Waals surface area contributed by atoms with Crippen molar-refractivity contribution in [1.82, 2.24) is 10.2 Å². The molecular weight excluding hydrogens is 298 g/mol. The van der Waals surface area contributed by atoms with Crippen LogP contribution in [0.3, 0.4) is 0 Å². The van der Waals surface area contributed by atoms with Crippen LogP contribution in [0.5, 0.6) is 0 Å². The van der Waals surface area contributed by atoms with Crippen LogP contribution in [0, 0.1) is 11.3 Å². The van der Waals surface area contributed by atoms with Crippen molar-refractivity contribution in [2.24, 2.45) is 0 Å². The van der Waals surface area contributed by atoms with E-state index < -0.39 is 11.6 Å². The maximum absolute atomic E-state index is 12.7. The van der Waals surface area contributed by atoms with E-state index in [1.54, 1.807) is 31.2 Å². The first-order chi connectivity index (χ1) is 10.5. The Morgan fingerprint density at radius 2 is 2.18 bits per heavy atom. The molecule has 0 bridgehead atoms.